The number of fused-ring (bicyclic) bond motifs is 1. The van der Waals surface area contributed by atoms with Crippen molar-refractivity contribution >= 4 is 28.3 Å². The topological polar surface area (TPSA) is 51.8 Å². The number of hydrogen-bond acceptors (Lipinski definition) is 3. The second-order valence-electron chi connectivity index (χ2n) is 4.97. The Hall–Kier alpha value is -2.13. The first kappa shape index (κ1) is 12.9. The van der Waals surface area contributed by atoms with Crippen LogP contribution in [-0.4, -0.2) is 9.97 Å². The van der Waals surface area contributed by atoms with Gasteiger partial charge in [0.05, 0.1) is 5.52 Å². The number of hydrogen-bond donors (Lipinski definition) is 1. The molecule has 0 radical (unpaired) electrons. The average molecular weight is 284 g/mol. The van der Waals surface area contributed by atoms with Crippen LogP contribution < -0.4 is 5.73 Å². The third kappa shape index (κ3) is 2.32. The van der Waals surface area contributed by atoms with Crippen LogP contribution in [0.4, 0.5) is 5.82 Å². The second-order valence-corrected chi connectivity index (χ2v) is 5.41. The minimum atomic E-state index is 0.473. The van der Waals surface area contributed by atoms with Crippen LogP contribution in [0.15, 0.2) is 36.4 Å². The molecule has 3 rings (SSSR count). The molecule has 0 aliphatic rings. The molecular formula is C16H14ClN3. The van der Waals surface area contributed by atoms with Crippen LogP contribution in [-0.2, 0) is 0 Å². The van der Waals surface area contributed by atoms with Gasteiger partial charge in [-0.05, 0) is 44.2 Å². The molecule has 0 atom stereocenters. The fourth-order valence-corrected chi connectivity index (χ4v) is 2.53. The highest BCUT2D eigenvalue weighted by molar-refractivity contribution is 6.31. The van der Waals surface area contributed by atoms with Gasteiger partial charge in [0.25, 0.3) is 0 Å². The van der Waals surface area contributed by atoms with E-state index in [4.69, 9.17) is 17.3 Å². The molecule has 4 heteroatoms. The molecule has 0 unspecified atom stereocenters. The summed E-state index contributed by atoms with van der Waals surface area (Å²) in [7, 11) is 0. The maximum absolute atomic E-state index is 6.03. The van der Waals surface area contributed by atoms with Crippen LogP contribution >= 0.6 is 11.6 Å². The Morgan fingerprint density at radius 2 is 1.65 bits per heavy atom. The first-order valence-electron chi connectivity index (χ1n) is 6.34. The van der Waals surface area contributed by atoms with Crippen molar-refractivity contribution in [1.82, 2.24) is 9.97 Å². The molecule has 0 saturated heterocycles. The largest absolute Gasteiger partial charge is 0.383 e. The van der Waals surface area contributed by atoms with Gasteiger partial charge < -0.3 is 5.73 Å². The number of aromatic nitrogens is 2. The summed E-state index contributed by atoms with van der Waals surface area (Å²) in [5, 5.41) is 1.46. The van der Waals surface area contributed by atoms with E-state index in [-0.39, 0.29) is 0 Å². The summed E-state index contributed by atoms with van der Waals surface area (Å²) in [6.45, 7) is 4.11. The van der Waals surface area contributed by atoms with Crippen LogP contribution in [0.25, 0.3) is 22.3 Å². The molecule has 0 aliphatic carbocycles. The average Bonchev–Trinajstić information content (AvgIpc) is 2.36. The SMILES string of the molecule is Cc1cc(C)cc(-c2nc(N)c3ccc(Cl)cc3n2)c1. The van der Waals surface area contributed by atoms with E-state index in [1.54, 1.807) is 12.1 Å². The number of benzene rings is 2. The Balaban J connectivity index is 2.26. The number of nitrogens with zero attached hydrogens (tertiary/aromatic N) is 2. The zero-order valence-electron chi connectivity index (χ0n) is 11.3. The lowest BCUT2D eigenvalue weighted by Crippen LogP contribution is -1.98. The lowest BCUT2D eigenvalue weighted by molar-refractivity contribution is 1.22. The van der Waals surface area contributed by atoms with E-state index in [0.29, 0.717) is 16.7 Å². The number of anilines is 1. The molecule has 0 aliphatic heterocycles. The summed E-state index contributed by atoms with van der Waals surface area (Å²) in [6.07, 6.45) is 0. The van der Waals surface area contributed by atoms with Gasteiger partial charge in [-0.3, -0.25) is 0 Å². The van der Waals surface area contributed by atoms with E-state index in [9.17, 15) is 0 Å². The van der Waals surface area contributed by atoms with E-state index < -0.39 is 0 Å². The predicted octanol–water partition coefficient (Wildman–Crippen LogP) is 4.15. The summed E-state index contributed by atoms with van der Waals surface area (Å²) >= 11 is 6.02. The van der Waals surface area contributed by atoms with E-state index in [0.717, 1.165) is 16.5 Å². The van der Waals surface area contributed by atoms with Crippen LogP contribution in [0.3, 0.4) is 0 Å². The Labute approximate surface area is 122 Å². The van der Waals surface area contributed by atoms with Gasteiger partial charge in [-0.15, -0.1) is 0 Å². The number of nitrogen functional groups attached to an aromatic ring is 1. The number of halogens is 1. The monoisotopic (exact) mass is 283 g/mol. The molecule has 0 spiro atoms. The van der Waals surface area contributed by atoms with Gasteiger partial charge in [0.15, 0.2) is 5.82 Å². The third-order valence-electron chi connectivity index (χ3n) is 3.17. The van der Waals surface area contributed by atoms with Crippen LogP contribution in [0.5, 0.6) is 0 Å². The van der Waals surface area contributed by atoms with E-state index in [1.165, 1.54) is 11.1 Å². The molecule has 20 heavy (non-hydrogen) atoms. The Kier molecular flexibility index (Phi) is 3.07. The van der Waals surface area contributed by atoms with E-state index in [1.807, 2.05) is 6.07 Å². The number of aryl methyl sites for hydroxylation is 2. The van der Waals surface area contributed by atoms with Gasteiger partial charge in [0, 0.05) is 16.0 Å². The van der Waals surface area contributed by atoms with Crippen molar-refractivity contribution < 1.29 is 0 Å². The quantitative estimate of drug-likeness (QED) is 0.730. The highest BCUT2D eigenvalue weighted by Crippen LogP contribution is 2.26. The summed E-state index contributed by atoms with van der Waals surface area (Å²) in [6, 6.07) is 11.7. The minimum absolute atomic E-state index is 0.473. The van der Waals surface area contributed by atoms with Gasteiger partial charge in [-0.2, -0.15) is 0 Å². The van der Waals surface area contributed by atoms with Crippen molar-refractivity contribution in [3.05, 3.63) is 52.5 Å². The minimum Gasteiger partial charge on any atom is -0.383 e. The standard InChI is InChI=1S/C16H14ClN3/c1-9-5-10(2)7-11(6-9)16-19-14-8-12(17)3-4-13(14)15(18)20-16/h3-8H,1-2H3,(H2,18,19,20). The van der Waals surface area contributed by atoms with Crippen molar-refractivity contribution in [1.29, 1.82) is 0 Å². The summed E-state index contributed by atoms with van der Waals surface area (Å²) in [5.41, 5.74) is 10.1. The zero-order valence-corrected chi connectivity index (χ0v) is 12.1. The smallest absolute Gasteiger partial charge is 0.162 e. The molecule has 1 heterocycles. The van der Waals surface area contributed by atoms with Crippen molar-refractivity contribution in [3.8, 4) is 11.4 Å². The first-order chi connectivity index (χ1) is 9.52. The molecular weight excluding hydrogens is 270 g/mol. The van der Waals surface area contributed by atoms with Gasteiger partial charge >= 0.3 is 0 Å². The van der Waals surface area contributed by atoms with Crippen molar-refractivity contribution in [3.63, 3.8) is 0 Å². The van der Waals surface area contributed by atoms with Crippen molar-refractivity contribution in [2.45, 2.75) is 13.8 Å². The molecule has 0 fully saturated rings. The van der Waals surface area contributed by atoms with Gasteiger partial charge in [0.2, 0.25) is 0 Å². The fraction of sp³-hybridized carbons (Fsp3) is 0.125. The molecule has 2 N–H and O–H groups in total. The van der Waals surface area contributed by atoms with Gasteiger partial charge in [-0.1, -0.05) is 28.8 Å². The van der Waals surface area contributed by atoms with Gasteiger partial charge in [-0.25, -0.2) is 9.97 Å². The number of nitrogens with two attached hydrogens (primary N) is 1. The molecule has 0 amide bonds. The fourth-order valence-electron chi connectivity index (χ4n) is 2.36. The highest BCUT2D eigenvalue weighted by atomic mass is 35.5. The van der Waals surface area contributed by atoms with Crippen molar-refractivity contribution in [2.24, 2.45) is 0 Å². The summed E-state index contributed by atoms with van der Waals surface area (Å²) < 4.78 is 0. The molecule has 0 bridgehead atoms. The van der Waals surface area contributed by atoms with Gasteiger partial charge in [0.1, 0.15) is 5.82 Å². The Morgan fingerprint density at radius 3 is 2.35 bits per heavy atom. The Morgan fingerprint density at radius 1 is 0.950 bits per heavy atom. The Bertz CT molecular complexity index is 792. The molecule has 2 aromatic carbocycles. The highest BCUT2D eigenvalue weighted by Gasteiger charge is 2.08. The lowest BCUT2D eigenvalue weighted by Gasteiger charge is -2.07. The van der Waals surface area contributed by atoms with E-state index >= 15 is 0 Å². The molecule has 100 valence electrons. The normalized spacial score (nSPS) is 10.9. The van der Waals surface area contributed by atoms with E-state index in [2.05, 4.69) is 42.0 Å². The molecule has 1 aromatic heterocycles. The maximum Gasteiger partial charge on any atom is 0.162 e. The molecule has 0 saturated carbocycles. The second kappa shape index (κ2) is 4.76. The first-order valence-corrected chi connectivity index (χ1v) is 6.72. The lowest BCUT2D eigenvalue weighted by atomic mass is 10.1. The van der Waals surface area contributed by atoms with Crippen LogP contribution in [0.1, 0.15) is 11.1 Å². The summed E-state index contributed by atoms with van der Waals surface area (Å²) in [4.78, 5) is 8.98. The number of rotatable bonds is 1. The maximum atomic E-state index is 6.03. The van der Waals surface area contributed by atoms with Crippen molar-refractivity contribution in [2.75, 3.05) is 5.73 Å². The predicted molar refractivity (Wildman–Crippen MR) is 83.9 cm³/mol. The summed E-state index contributed by atoms with van der Waals surface area (Å²) in [5.74, 6) is 1.10. The zero-order chi connectivity index (χ0) is 14.3. The molecule has 3 aromatic rings. The molecule has 3 nitrogen and oxygen atoms in total. The van der Waals surface area contributed by atoms with Crippen LogP contribution in [0.2, 0.25) is 5.02 Å². The van der Waals surface area contributed by atoms with Crippen LogP contribution in [0, 0.1) is 13.8 Å². The third-order valence-corrected chi connectivity index (χ3v) is 3.40.